The van der Waals surface area contributed by atoms with Crippen LogP contribution in [0.25, 0.3) is 0 Å². The summed E-state index contributed by atoms with van der Waals surface area (Å²) in [6, 6.07) is 0.740. The molecule has 1 aliphatic rings. The van der Waals surface area contributed by atoms with Crippen LogP contribution >= 0.6 is 11.8 Å². The van der Waals surface area contributed by atoms with E-state index in [1.807, 2.05) is 0 Å². The van der Waals surface area contributed by atoms with Crippen molar-refractivity contribution in [1.29, 1.82) is 0 Å². The second kappa shape index (κ2) is 6.87. The molecule has 1 N–H and O–H groups in total. The van der Waals surface area contributed by atoms with Gasteiger partial charge in [0.05, 0.1) is 0 Å². The molecule has 1 saturated heterocycles. The molecule has 1 atom stereocenters. The first-order chi connectivity index (χ1) is 7.59. The predicted octanol–water partition coefficient (Wildman–Crippen LogP) is 2.59. The maximum atomic E-state index is 3.34. The Morgan fingerprint density at radius 2 is 2.12 bits per heavy atom. The molecule has 0 saturated carbocycles. The van der Waals surface area contributed by atoms with Crippen LogP contribution in [0.3, 0.4) is 0 Å². The van der Waals surface area contributed by atoms with Gasteiger partial charge in [0.2, 0.25) is 0 Å². The van der Waals surface area contributed by atoms with Crippen LogP contribution in [-0.2, 0) is 0 Å². The summed E-state index contributed by atoms with van der Waals surface area (Å²) in [6.07, 6.45) is 3.94. The third kappa shape index (κ3) is 4.64. The first-order valence-corrected chi connectivity index (χ1v) is 7.60. The van der Waals surface area contributed by atoms with E-state index >= 15 is 0 Å². The van der Waals surface area contributed by atoms with Crippen LogP contribution in [0.1, 0.15) is 40.0 Å². The number of thioether (sulfide) groups is 1. The average molecular weight is 244 g/mol. The number of likely N-dealkylation sites (N-methyl/N-ethyl adjacent to an activating group) is 1. The smallest absolute Gasteiger partial charge is 0.0220 e. The van der Waals surface area contributed by atoms with Gasteiger partial charge >= 0.3 is 0 Å². The van der Waals surface area contributed by atoms with Crippen LogP contribution in [0.5, 0.6) is 0 Å². The summed E-state index contributed by atoms with van der Waals surface area (Å²) in [4.78, 5) is 2.70. The van der Waals surface area contributed by atoms with Gasteiger partial charge < -0.3 is 5.32 Å². The number of rotatable bonds is 5. The highest BCUT2D eigenvalue weighted by Gasteiger charge is 2.26. The van der Waals surface area contributed by atoms with Crippen molar-refractivity contribution in [3.63, 3.8) is 0 Å². The molecule has 2 nitrogen and oxygen atoms in total. The average Bonchev–Trinajstić information content (AvgIpc) is 2.39. The van der Waals surface area contributed by atoms with Crippen molar-refractivity contribution < 1.29 is 0 Å². The van der Waals surface area contributed by atoms with E-state index < -0.39 is 0 Å². The summed E-state index contributed by atoms with van der Waals surface area (Å²) < 4.78 is 0.477. The van der Waals surface area contributed by atoms with Crippen molar-refractivity contribution in [2.24, 2.45) is 0 Å². The number of nitrogens with one attached hydrogen (secondary N) is 1. The Bertz CT molecular complexity index is 188. The Hall–Kier alpha value is 0.270. The molecule has 0 bridgehead atoms. The van der Waals surface area contributed by atoms with Crippen molar-refractivity contribution in [2.75, 3.05) is 32.4 Å². The molecule has 1 heterocycles. The Balaban J connectivity index is 2.50. The minimum absolute atomic E-state index is 0.477. The molecule has 1 rings (SSSR count). The van der Waals surface area contributed by atoms with Gasteiger partial charge in [-0.15, -0.1) is 0 Å². The zero-order valence-corrected chi connectivity index (χ0v) is 12.2. The number of nitrogens with zero attached hydrogens (tertiary/aromatic N) is 1. The summed E-state index contributed by atoms with van der Waals surface area (Å²) in [7, 11) is 2.07. The third-order valence-corrected chi connectivity index (χ3v) is 4.82. The van der Waals surface area contributed by atoms with Crippen LogP contribution in [0.4, 0.5) is 0 Å². The second-order valence-electron chi connectivity index (χ2n) is 5.39. The topological polar surface area (TPSA) is 15.3 Å². The Kier molecular flexibility index (Phi) is 6.16. The first-order valence-electron chi connectivity index (χ1n) is 6.61. The summed E-state index contributed by atoms with van der Waals surface area (Å²) in [5.74, 6) is 1.29. The highest BCUT2D eigenvalue weighted by atomic mass is 32.2. The molecule has 96 valence electrons. The van der Waals surface area contributed by atoms with Gasteiger partial charge in [-0.1, -0.05) is 27.2 Å². The SMILES string of the molecule is CCCC(CNC)N1CCSC(C)(C)CC1. The van der Waals surface area contributed by atoms with Gasteiger partial charge in [-0.3, -0.25) is 4.90 Å². The number of hydrogen-bond donors (Lipinski definition) is 1. The maximum absolute atomic E-state index is 3.34. The van der Waals surface area contributed by atoms with Gasteiger partial charge in [0.1, 0.15) is 0 Å². The molecule has 0 amide bonds. The maximum Gasteiger partial charge on any atom is 0.0220 e. The van der Waals surface area contributed by atoms with Gasteiger partial charge in [-0.05, 0) is 26.4 Å². The Morgan fingerprint density at radius 1 is 1.38 bits per heavy atom. The zero-order valence-electron chi connectivity index (χ0n) is 11.4. The van der Waals surface area contributed by atoms with Crippen molar-refractivity contribution >= 4 is 11.8 Å². The van der Waals surface area contributed by atoms with E-state index in [0.717, 1.165) is 12.6 Å². The lowest BCUT2D eigenvalue weighted by Crippen LogP contribution is -2.43. The quantitative estimate of drug-likeness (QED) is 0.800. The van der Waals surface area contributed by atoms with E-state index in [0.29, 0.717) is 4.75 Å². The lowest BCUT2D eigenvalue weighted by molar-refractivity contribution is 0.191. The molecule has 1 aliphatic heterocycles. The van der Waals surface area contributed by atoms with Gasteiger partial charge in [-0.2, -0.15) is 11.8 Å². The molecule has 16 heavy (non-hydrogen) atoms. The summed E-state index contributed by atoms with van der Waals surface area (Å²) in [5, 5.41) is 3.34. The van der Waals surface area contributed by atoms with E-state index in [9.17, 15) is 0 Å². The fourth-order valence-corrected chi connectivity index (χ4v) is 3.50. The highest BCUT2D eigenvalue weighted by molar-refractivity contribution is 8.00. The fraction of sp³-hybridized carbons (Fsp3) is 1.00. The summed E-state index contributed by atoms with van der Waals surface area (Å²) in [5.41, 5.74) is 0. The van der Waals surface area contributed by atoms with E-state index in [1.165, 1.54) is 38.1 Å². The van der Waals surface area contributed by atoms with Crippen molar-refractivity contribution in [3.05, 3.63) is 0 Å². The van der Waals surface area contributed by atoms with Crippen LogP contribution in [0.2, 0.25) is 0 Å². The summed E-state index contributed by atoms with van der Waals surface area (Å²) in [6.45, 7) is 10.7. The molecule has 0 spiro atoms. The third-order valence-electron chi connectivity index (χ3n) is 3.45. The lowest BCUT2D eigenvalue weighted by Gasteiger charge is -2.30. The van der Waals surface area contributed by atoms with Crippen molar-refractivity contribution in [3.8, 4) is 0 Å². The van der Waals surface area contributed by atoms with Crippen LogP contribution in [-0.4, -0.2) is 48.1 Å². The van der Waals surface area contributed by atoms with Gasteiger partial charge in [0.15, 0.2) is 0 Å². The van der Waals surface area contributed by atoms with Gasteiger partial charge in [-0.25, -0.2) is 0 Å². The first kappa shape index (κ1) is 14.3. The molecule has 1 fully saturated rings. The molecule has 0 aliphatic carbocycles. The lowest BCUT2D eigenvalue weighted by atomic mass is 10.1. The van der Waals surface area contributed by atoms with Gasteiger partial charge in [0.25, 0.3) is 0 Å². The molecular formula is C13H28N2S. The predicted molar refractivity (Wildman–Crippen MR) is 75.3 cm³/mol. The van der Waals surface area contributed by atoms with Crippen molar-refractivity contribution in [1.82, 2.24) is 10.2 Å². The largest absolute Gasteiger partial charge is 0.318 e. The summed E-state index contributed by atoms with van der Waals surface area (Å²) >= 11 is 2.14. The van der Waals surface area contributed by atoms with Gasteiger partial charge in [0, 0.05) is 29.6 Å². The van der Waals surface area contributed by atoms with E-state index in [2.05, 4.69) is 49.8 Å². The van der Waals surface area contributed by atoms with Crippen LogP contribution in [0, 0.1) is 0 Å². The Morgan fingerprint density at radius 3 is 2.75 bits per heavy atom. The monoisotopic (exact) mass is 244 g/mol. The van der Waals surface area contributed by atoms with E-state index in [4.69, 9.17) is 0 Å². The molecule has 0 aromatic heterocycles. The normalized spacial score (nSPS) is 24.0. The Labute approximate surface area is 106 Å². The van der Waals surface area contributed by atoms with E-state index in [-0.39, 0.29) is 0 Å². The fourth-order valence-electron chi connectivity index (χ4n) is 2.38. The highest BCUT2D eigenvalue weighted by Crippen LogP contribution is 2.31. The standard InChI is InChI=1S/C13H28N2S/c1-5-6-12(11-14-4)15-8-7-13(2,3)16-10-9-15/h12,14H,5-11H2,1-4H3. The second-order valence-corrected chi connectivity index (χ2v) is 7.20. The van der Waals surface area contributed by atoms with Crippen LogP contribution < -0.4 is 5.32 Å². The number of hydrogen-bond acceptors (Lipinski definition) is 3. The molecule has 0 aromatic carbocycles. The van der Waals surface area contributed by atoms with Crippen LogP contribution in [0.15, 0.2) is 0 Å². The van der Waals surface area contributed by atoms with Crippen molar-refractivity contribution in [2.45, 2.75) is 50.8 Å². The zero-order chi connectivity index (χ0) is 12.0. The minimum Gasteiger partial charge on any atom is -0.318 e. The molecule has 1 unspecified atom stereocenters. The molecule has 3 heteroatoms. The molecule has 0 radical (unpaired) electrons. The van der Waals surface area contributed by atoms with E-state index in [1.54, 1.807) is 0 Å². The minimum atomic E-state index is 0.477. The molecular weight excluding hydrogens is 216 g/mol. The molecule has 0 aromatic rings.